The van der Waals surface area contributed by atoms with Crippen molar-refractivity contribution >= 4 is 0 Å². The van der Waals surface area contributed by atoms with Gasteiger partial charge in [-0.25, -0.2) is 4.39 Å². The average Bonchev–Trinajstić information content (AvgIpc) is 1.36. The third-order valence-electron chi connectivity index (χ3n) is 0.463. The first-order valence-corrected chi connectivity index (χ1v) is 1.65. The van der Waals surface area contributed by atoms with Crippen LogP contribution in [0.4, 0.5) is 4.39 Å². The molecule has 0 fully saturated rings. The Kier molecular flexibility index (Phi) is 1.58. The van der Waals surface area contributed by atoms with Gasteiger partial charge in [-0.15, -0.1) is 0 Å². The molecule has 0 saturated carbocycles. The summed E-state index contributed by atoms with van der Waals surface area (Å²) < 4.78 is 11.5. The van der Waals surface area contributed by atoms with E-state index in [0.717, 1.165) is 0 Å². The highest BCUT2D eigenvalue weighted by Gasteiger charge is 1.83. The summed E-state index contributed by atoms with van der Waals surface area (Å²) in [5.41, 5.74) is 0.398. The van der Waals surface area contributed by atoms with E-state index >= 15 is 0 Å². The minimum atomic E-state index is -0.435. The number of hydrogen-bond acceptors (Lipinski definition) is 0. The lowest BCUT2D eigenvalue weighted by atomic mass is 10.3. The maximum Gasteiger partial charge on any atom is 0.118 e. The molecular formula is C5H7F. The van der Waals surface area contributed by atoms with Crippen LogP contribution in [0.5, 0.6) is 0 Å². The van der Waals surface area contributed by atoms with Gasteiger partial charge in [0, 0.05) is 0 Å². The van der Waals surface area contributed by atoms with Crippen molar-refractivity contribution < 1.29 is 4.39 Å². The quantitative estimate of drug-likeness (QED) is 0.428. The van der Waals surface area contributed by atoms with Gasteiger partial charge >= 0.3 is 0 Å². The molecule has 0 unspecified atom stereocenters. The molecule has 0 aliphatic rings. The first-order chi connectivity index (χ1) is 2.64. The standard InChI is InChI=1S/C5H7F/c1-4(2)5(3)6/h1,3H2,2H3. The van der Waals surface area contributed by atoms with E-state index in [-0.39, 0.29) is 0 Å². The molecule has 0 aliphatic carbocycles. The maximum atomic E-state index is 11.5. The summed E-state index contributed by atoms with van der Waals surface area (Å²) in [6.07, 6.45) is 0. The molecule has 0 aromatic rings. The van der Waals surface area contributed by atoms with Crippen LogP contribution in [0.3, 0.4) is 0 Å². The number of hydrogen-bond donors (Lipinski definition) is 0. The van der Waals surface area contributed by atoms with Gasteiger partial charge in [-0.05, 0) is 12.5 Å². The average molecular weight is 86.1 g/mol. The van der Waals surface area contributed by atoms with Crippen molar-refractivity contribution in [1.29, 1.82) is 0 Å². The smallest absolute Gasteiger partial charge is 0.118 e. The summed E-state index contributed by atoms with van der Waals surface area (Å²) in [5, 5.41) is 0. The summed E-state index contributed by atoms with van der Waals surface area (Å²) in [5.74, 6) is -0.435. The molecule has 1 heteroatoms. The third kappa shape index (κ3) is 1.70. The lowest BCUT2D eigenvalue weighted by Crippen LogP contribution is -1.64. The highest BCUT2D eigenvalue weighted by atomic mass is 19.1. The van der Waals surface area contributed by atoms with Crippen LogP contribution in [0, 0.1) is 0 Å². The minimum Gasteiger partial charge on any atom is -0.207 e. The first kappa shape index (κ1) is 5.41. The van der Waals surface area contributed by atoms with E-state index in [1.807, 2.05) is 0 Å². The Labute approximate surface area is 37.0 Å². The number of halogens is 1. The molecule has 0 nitrogen and oxygen atoms in total. The Hall–Kier alpha value is -0.590. The summed E-state index contributed by atoms with van der Waals surface area (Å²) in [7, 11) is 0. The molecule has 0 spiro atoms. The predicted molar refractivity (Wildman–Crippen MR) is 25.1 cm³/mol. The second-order valence-electron chi connectivity index (χ2n) is 1.19. The Balaban J connectivity index is 3.57. The summed E-state index contributed by atoms with van der Waals surface area (Å²) in [4.78, 5) is 0. The van der Waals surface area contributed by atoms with Crippen molar-refractivity contribution in [2.45, 2.75) is 6.92 Å². The van der Waals surface area contributed by atoms with E-state index in [4.69, 9.17) is 0 Å². The third-order valence-corrected chi connectivity index (χ3v) is 0.463. The predicted octanol–water partition coefficient (Wildman–Crippen LogP) is 2.05. The molecular weight excluding hydrogens is 79.1 g/mol. The fraction of sp³-hybridized carbons (Fsp3) is 0.200. The van der Waals surface area contributed by atoms with Gasteiger partial charge in [0.05, 0.1) is 0 Å². The van der Waals surface area contributed by atoms with Crippen LogP contribution in [0.15, 0.2) is 24.6 Å². The summed E-state index contributed by atoms with van der Waals surface area (Å²) >= 11 is 0. The van der Waals surface area contributed by atoms with Gasteiger partial charge in [0.1, 0.15) is 5.83 Å². The van der Waals surface area contributed by atoms with Crippen molar-refractivity contribution in [3.8, 4) is 0 Å². The highest BCUT2D eigenvalue weighted by molar-refractivity contribution is 5.14. The molecule has 0 aliphatic heterocycles. The number of allylic oxidation sites excluding steroid dienone is 2. The zero-order valence-corrected chi connectivity index (χ0v) is 3.79. The van der Waals surface area contributed by atoms with Crippen LogP contribution in [0.1, 0.15) is 6.92 Å². The molecule has 0 bridgehead atoms. The normalized spacial score (nSPS) is 7.67. The van der Waals surface area contributed by atoms with Gasteiger partial charge in [-0.3, -0.25) is 0 Å². The van der Waals surface area contributed by atoms with Crippen LogP contribution >= 0.6 is 0 Å². The van der Waals surface area contributed by atoms with Gasteiger partial charge in [-0.1, -0.05) is 13.2 Å². The van der Waals surface area contributed by atoms with Gasteiger partial charge < -0.3 is 0 Å². The fourth-order valence-electron chi connectivity index (χ4n) is 0. The van der Waals surface area contributed by atoms with E-state index in [1.54, 1.807) is 6.92 Å². The minimum absolute atomic E-state index is 0.398. The van der Waals surface area contributed by atoms with Crippen molar-refractivity contribution in [2.24, 2.45) is 0 Å². The zero-order chi connectivity index (χ0) is 5.15. The van der Waals surface area contributed by atoms with Gasteiger partial charge in [-0.2, -0.15) is 0 Å². The van der Waals surface area contributed by atoms with Crippen LogP contribution in [0.25, 0.3) is 0 Å². The monoisotopic (exact) mass is 86.1 g/mol. The Morgan fingerprint density at radius 2 is 1.67 bits per heavy atom. The van der Waals surface area contributed by atoms with Crippen molar-refractivity contribution in [3.63, 3.8) is 0 Å². The molecule has 6 heavy (non-hydrogen) atoms. The van der Waals surface area contributed by atoms with Crippen LogP contribution in [-0.4, -0.2) is 0 Å². The molecule has 34 valence electrons. The summed E-state index contributed by atoms with van der Waals surface area (Å²) in [6, 6.07) is 0. The van der Waals surface area contributed by atoms with Gasteiger partial charge in [0.25, 0.3) is 0 Å². The van der Waals surface area contributed by atoms with Crippen LogP contribution in [0.2, 0.25) is 0 Å². The second kappa shape index (κ2) is 1.75. The maximum absolute atomic E-state index is 11.5. The lowest BCUT2D eigenvalue weighted by Gasteiger charge is -1.83. The SMILES string of the molecule is C=C(C)C(=C)F. The van der Waals surface area contributed by atoms with Crippen molar-refractivity contribution in [2.75, 3.05) is 0 Å². The first-order valence-electron chi connectivity index (χ1n) is 1.65. The molecule has 0 rings (SSSR count). The lowest BCUT2D eigenvalue weighted by molar-refractivity contribution is 0.657. The Morgan fingerprint density at radius 1 is 1.50 bits per heavy atom. The number of rotatable bonds is 1. The van der Waals surface area contributed by atoms with Crippen LogP contribution in [-0.2, 0) is 0 Å². The van der Waals surface area contributed by atoms with Crippen molar-refractivity contribution in [3.05, 3.63) is 24.6 Å². The van der Waals surface area contributed by atoms with Gasteiger partial charge in [0.15, 0.2) is 0 Å². The molecule has 0 N–H and O–H groups in total. The molecule has 0 amide bonds. The molecule has 0 atom stereocenters. The zero-order valence-electron chi connectivity index (χ0n) is 3.79. The fourth-order valence-corrected chi connectivity index (χ4v) is 0. The molecule has 0 saturated heterocycles. The van der Waals surface area contributed by atoms with Gasteiger partial charge in [0.2, 0.25) is 0 Å². The molecule has 0 heterocycles. The van der Waals surface area contributed by atoms with Crippen molar-refractivity contribution in [1.82, 2.24) is 0 Å². The van der Waals surface area contributed by atoms with E-state index in [2.05, 4.69) is 13.2 Å². The summed E-state index contributed by atoms with van der Waals surface area (Å²) in [6.45, 7) is 7.84. The highest BCUT2D eigenvalue weighted by Crippen LogP contribution is 2.01. The van der Waals surface area contributed by atoms with E-state index in [1.165, 1.54) is 0 Å². The Bertz CT molecular complexity index is 69.9. The largest absolute Gasteiger partial charge is 0.207 e. The topological polar surface area (TPSA) is 0 Å². The molecule has 0 aromatic heterocycles. The van der Waals surface area contributed by atoms with E-state index in [0.29, 0.717) is 5.57 Å². The Morgan fingerprint density at radius 3 is 1.67 bits per heavy atom. The molecule has 0 radical (unpaired) electrons. The van der Waals surface area contributed by atoms with Crippen LogP contribution < -0.4 is 0 Å². The van der Waals surface area contributed by atoms with E-state index in [9.17, 15) is 4.39 Å². The van der Waals surface area contributed by atoms with E-state index < -0.39 is 5.83 Å². The second-order valence-corrected chi connectivity index (χ2v) is 1.19. The molecule has 0 aromatic carbocycles.